The van der Waals surface area contributed by atoms with Crippen molar-refractivity contribution in [2.75, 3.05) is 53.6 Å². The molecule has 1 atom stereocenters. The Bertz CT molecular complexity index is 654. The van der Waals surface area contributed by atoms with Crippen molar-refractivity contribution in [1.82, 2.24) is 0 Å². The lowest BCUT2D eigenvalue weighted by Crippen LogP contribution is -3.00. The summed E-state index contributed by atoms with van der Waals surface area (Å²) < 4.78 is 13.2. The van der Waals surface area contributed by atoms with E-state index in [1.165, 1.54) is 167 Å². The van der Waals surface area contributed by atoms with Gasteiger partial charge in [-0.1, -0.05) is 154 Å². The fourth-order valence-electron chi connectivity index (χ4n) is 6.33. The van der Waals surface area contributed by atoms with Gasteiger partial charge in [0.2, 0.25) is 0 Å². The maximum Gasteiger partial charge on any atom is 0.130 e. The summed E-state index contributed by atoms with van der Waals surface area (Å²) in [6.45, 7) is 8.76. The molecule has 0 aliphatic carbocycles. The van der Waals surface area contributed by atoms with Gasteiger partial charge in [-0.3, -0.25) is 0 Å². The lowest BCUT2D eigenvalue weighted by atomic mass is 10.1. The third-order valence-electron chi connectivity index (χ3n) is 9.52. The molecule has 0 aliphatic rings. The average Bonchev–Trinajstić information content (AvgIpc) is 3.05. The number of allylic oxidation sites excluding steroid dienone is 4. The highest BCUT2D eigenvalue weighted by Crippen LogP contribution is 2.13. The molecule has 1 N–H and O–H groups in total. The Balaban J connectivity index is 0. The highest BCUT2D eigenvalue weighted by Gasteiger charge is 2.22. The molecule has 0 saturated carbocycles. The number of rotatable bonds is 39. The van der Waals surface area contributed by atoms with Crippen molar-refractivity contribution < 1.29 is 36.0 Å². The van der Waals surface area contributed by atoms with Gasteiger partial charge >= 0.3 is 0 Å². The molecule has 0 aliphatic heterocycles. The molecule has 1 unspecified atom stereocenters. The van der Waals surface area contributed by atoms with Crippen LogP contribution in [0.25, 0.3) is 0 Å². The monoisotopic (exact) mass is 744 g/mol. The topological polar surface area (TPSA) is 38.7 Å². The molecule has 4 nitrogen and oxygen atoms in total. The van der Waals surface area contributed by atoms with Crippen LogP contribution in [0.5, 0.6) is 0 Å². The van der Waals surface area contributed by atoms with Gasteiger partial charge in [-0.05, 0) is 64.2 Å². The summed E-state index contributed by atoms with van der Waals surface area (Å²) in [6, 6.07) is 0. The van der Waals surface area contributed by atoms with Crippen LogP contribution in [0.3, 0.4) is 0 Å². The zero-order chi connectivity index (χ0) is 34.4. The number of likely N-dealkylation sites (N-methyl/N-ethyl adjacent to an activating group) is 1. The molecule has 0 radical (unpaired) electrons. The van der Waals surface area contributed by atoms with Gasteiger partial charge in [-0.25, -0.2) is 0 Å². The van der Waals surface area contributed by atoms with E-state index in [4.69, 9.17) is 9.47 Å². The zero-order valence-electron chi connectivity index (χ0n) is 33.0. The van der Waals surface area contributed by atoms with Crippen LogP contribution in [0, 0.1) is 0 Å². The quantitative estimate of drug-likeness (QED) is 0.0387. The molecule has 0 aromatic rings. The number of ether oxygens (including phenoxy) is 2. The van der Waals surface area contributed by atoms with E-state index in [2.05, 4.69) is 52.2 Å². The van der Waals surface area contributed by atoms with Gasteiger partial charge in [0.15, 0.2) is 0 Å². The third kappa shape index (κ3) is 40.2. The molecular formula is C43H86BrNO3. The van der Waals surface area contributed by atoms with E-state index in [0.717, 1.165) is 43.6 Å². The number of aliphatic hydroxyl groups is 1. The Labute approximate surface area is 312 Å². The second-order valence-corrected chi connectivity index (χ2v) is 15.0. The second kappa shape index (κ2) is 41.2. The number of hydrogen-bond acceptors (Lipinski definition) is 3. The predicted molar refractivity (Wildman–Crippen MR) is 208 cm³/mol. The van der Waals surface area contributed by atoms with Crippen molar-refractivity contribution in [2.24, 2.45) is 0 Å². The summed E-state index contributed by atoms with van der Waals surface area (Å²) in [5, 5.41) is 9.49. The van der Waals surface area contributed by atoms with Gasteiger partial charge in [0.1, 0.15) is 19.2 Å². The fourth-order valence-corrected chi connectivity index (χ4v) is 6.33. The van der Waals surface area contributed by atoms with Gasteiger partial charge < -0.3 is 36.0 Å². The first-order valence-corrected chi connectivity index (χ1v) is 21.0. The van der Waals surface area contributed by atoms with Gasteiger partial charge in [-0.2, -0.15) is 0 Å². The Hall–Kier alpha value is -0.200. The van der Waals surface area contributed by atoms with Crippen LogP contribution in [0.15, 0.2) is 24.3 Å². The van der Waals surface area contributed by atoms with E-state index in [1.807, 2.05) is 0 Å². The highest BCUT2D eigenvalue weighted by atomic mass is 79.9. The minimum atomic E-state index is 0. The van der Waals surface area contributed by atoms with Gasteiger partial charge in [0, 0.05) is 13.2 Å². The minimum Gasteiger partial charge on any atom is -1.00 e. The van der Waals surface area contributed by atoms with E-state index in [-0.39, 0.29) is 29.7 Å². The van der Waals surface area contributed by atoms with Crippen LogP contribution in [-0.4, -0.2) is 69.3 Å². The number of unbranched alkanes of at least 4 members (excludes halogenated alkanes) is 24. The van der Waals surface area contributed by atoms with Gasteiger partial charge in [0.25, 0.3) is 0 Å². The SMILES string of the molecule is CCCCCCCC/C=C/CCCCCCCCOCC(C[N+](C)(C)CCO)OCCCCCCCC/C=C/CCCCCCCC.[Br-]. The van der Waals surface area contributed by atoms with Crippen LogP contribution in [0.4, 0.5) is 0 Å². The first-order chi connectivity index (χ1) is 23.1. The van der Waals surface area contributed by atoms with Gasteiger partial charge in [0.05, 0.1) is 27.3 Å². The van der Waals surface area contributed by atoms with Crippen LogP contribution < -0.4 is 17.0 Å². The molecule has 0 bridgehead atoms. The third-order valence-corrected chi connectivity index (χ3v) is 9.52. The molecule has 5 heteroatoms. The second-order valence-electron chi connectivity index (χ2n) is 15.0. The predicted octanol–water partition coefficient (Wildman–Crippen LogP) is 9.54. The smallest absolute Gasteiger partial charge is 0.130 e. The van der Waals surface area contributed by atoms with Crippen molar-refractivity contribution in [3.05, 3.63) is 24.3 Å². The lowest BCUT2D eigenvalue weighted by Gasteiger charge is -2.32. The average molecular weight is 745 g/mol. The molecule has 0 heterocycles. The molecule has 0 aromatic carbocycles. The first kappa shape index (κ1) is 49.9. The molecule has 0 spiro atoms. The normalized spacial score (nSPS) is 12.8. The Kier molecular flexibility index (Phi) is 42.9. The van der Waals surface area contributed by atoms with Crippen molar-refractivity contribution >= 4 is 0 Å². The summed E-state index contributed by atoms with van der Waals surface area (Å²) in [5.41, 5.74) is 0. The standard InChI is InChI=1S/C43H86NO3.BrH/c1-5-7-9-11-13-15-17-19-21-23-25-27-29-31-33-35-39-46-42-43(41-44(3,4)37-38-45)47-40-36-34-32-30-28-26-24-22-20-18-16-14-12-10-8-6-2;/h19-22,43,45H,5-18,23-42H2,1-4H3;1H/q+1;/p-1/b21-19+,22-20+;. The summed E-state index contributed by atoms with van der Waals surface area (Å²) in [4.78, 5) is 0. The van der Waals surface area contributed by atoms with Crippen LogP contribution >= 0.6 is 0 Å². The number of nitrogens with zero attached hydrogens (tertiary/aromatic N) is 1. The van der Waals surface area contributed by atoms with E-state index >= 15 is 0 Å². The number of hydrogen-bond donors (Lipinski definition) is 1. The Morgan fingerprint density at radius 1 is 0.500 bits per heavy atom. The summed E-state index contributed by atoms with van der Waals surface area (Å²) >= 11 is 0. The Morgan fingerprint density at radius 3 is 1.25 bits per heavy atom. The molecular weight excluding hydrogens is 658 g/mol. The molecule has 48 heavy (non-hydrogen) atoms. The number of quaternary nitrogens is 1. The first-order valence-electron chi connectivity index (χ1n) is 21.0. The summed E-state index contributed by atoms with van der Waals surface area (Å²) in [6.07, 6.45) is 47.0. The number of aliphatic hydroxyl groups excluding tert-OH is 1. The summed E-state index contributed by atoms with van der Waals surface area (Å²) in [5.74, 6) is 0. The molecule has 0 fully saturated rings. The maximum absolute atomic E-state index is 9.49. The van der Waals surface area contributed by atoms with Crippen LogP contribution in [0.2, 0.25) is 0 Å². The van der Waals surface area contributed by atoms with Crippen molar-refractivity contribution in [3.8, 4) is 0 Å². The molecule has 0 aromatic heterocycles. The lowest BCUT2D eigenvalue weighted by molar-refractivity contribution is -0.893. The summed E-state index contributed by atoms with van der Waals surface area (Å²) in [7, 11) is 4.36. The largest absolute Gasteiger partial charge is 1.00 e. The number of halogens is 1. The fraction of sp³-hybridized carbons (Fsp3) is 0.907. The van der Waals surface area contributed by atoms with Gasteiger partial charge in [-0.15, -0.1) is 0 Å². The van der Waals surface area contributed by atoms with Crippen molar-refractivity contribution in [2.45, 2.75) is 200 Å². The van der Waals surface area contributed by atoms with Crippen LogP contribution in [-0.2, 0) is 9.47 Å². The minimum absolute atomic E-state index is 0. The van der Waals surface area contributed by atoms with Crippen LogP contribution in [0.1, 0.15) is 194 Å². The molecule has 0 rings (SSSR count). The van der Waals surface area contributed by atoms with E-state index in [9.17, 15) is 5.11 Å². The Morgan fingerprint density at radius 2 is 0.854 bits per heavy atom. The molecule has 0 saturated heterocycles. The zero-order valence-corrected chi connectivity index (χ0v) is 34.6. The van der Waals surface area contributed by atoms with E-state index < -0.39 is 0 Å². The van der Waals surface area contributed by atoms with E-state index in [1.54, 1.807) is 0 Å². The molecule has 0 amide bonds. The maximum atomic E-state index is 9.49. The van der Waals surface area contributed by atoms with E-state index in [0.29, 0.717) is 6.61 Å². The molecule has 288 valence electrons. The van der Waals surface area contributed by atoms with Crippen molar-refractivity contribution in [3.63, 3.8) is 0 Å². The highest BCUT2D eigenvalue weighted by molar-refractivity contribution is 4.82. The van der Waals surface area contributed by atoms with Crippen molar-refractivity contribution in [1.29, 1.82) is 0 Å².